The van der Waals surface area contributed by atoms with Gasteiger partial charge in [0.15, 0.2) is 0 Å². The second kappa shape index (κ2) is 6.37. The molecular weight excluding hydrogens is 320 g/mol. The van der Waals surface area contributed by atoms with E-state index in [4.69, 9.17) is 18.0 Å². The highest BCUT2D eigenvalue weighted by atomic mass is 127. The van der Waals surface area contributed by atoms with Gasteiger partial charge in [-0.05, 0) is 59.3 Å². The smallest absolute Gasteiger partial charge is 0.0954 e. The second-order valence-corrected chi connectivity index (χ2v) is 4.82. The average molecular weight is 334 g/mol. The molecule has 0 aliphatic carbocycles. The topological polar surface area (TPSA) is 12.0 Å². The molecule has 3 heteroatoms. The third-order valence-corrected chi connectivity index (χ3v) is 3.25. The molecule has 0 bridgehead atoms. The van der Waals surface area contributed by atoms with Crippen LogP contribution in [0.2, 0.25) is 5.02 Å². The maximum atomic E-state index is 5.95. The molecule has 1 N–H and O–H groups in total. The first-order valence-corrected chi connectivity index (χ1v) is 6.29. The molecule has 1 rings (SSSR count). The summed E-state index contributed by atoms with van der Waals surface area (Å²) in [5, 5.41) is 4.03. The van der Waals surface area contributed by atoms with Crippen molar-refractivity contribution in [1.29, 1.82) is 0 Å². The highest BCUT2D eigenvalue weighted by molar-refractivity contribution is 14.1. The third kappa shape index (κ3) is 3.67. The molecule has 1 nitrogen and oxygen atoms in total. The number of rotatable bonds is 4. The van der Waals surface area contributed by atoms with E-state index in [0.717, 1.165) is 27.1 Å². The zero-order valence-electron chi connectivity index (χ0n) is 8.56. The van der Waals surface area contributed by atoms with Gasteiger partial charge in [0, 0.05) is 8.59 Å². The predicted octanol–water partition coefficient (Wildman–Crippen LogP) is 3.62. The number of benzene rings is 1. The number of nitrogens with one attached hydrogen (secondary N) is 1. The maximum Gasteiger partial charge on any atom is 0.0954 e. The van der Waals surface area contributed by atoms with Crippen LogP contribution in [0, 0.1) is 15.9 Å². The van der Waals surface area contributed by atoms with Gasteiger partial charge < -0.3 is 0 Å². The summed E-state index contributed by atoms with van der Waals surface area (Å²) in [4.78, 5) is 0. The molecule has 0 saturated carbocycles. The largest absolute Gasteiger partial charge is 0.300 e. The molecule has 1 atom stereocenters. The zero-order chi connectivity index (χ0) is 11.3. The fraction of sp³-hybridized carbons (Fsp3) is 0.333. The number of terminal acetylenes is 1. The van der Waals surface area contributed by atoms with Crippen molar-refractivity contribution >= 4 is 34.2 Å². The standard InChI is InChI=1S/C12H13ClIN/c1-3-7-15-12(4-2)10-8-9(13)5-6-11(10)14/h2,5-6,8,12,15H,3,7H2,1H3. The SMILES string of the molecule is C#CC(NCCC)c1cc(Cl)ccc1I. The van der Waals surface area contributed by atoms with Gasteiger partial charge >= 0.3 is 0 Å². The first-order chi connectivity index (χ1) is 7.19. The highest BCUT2D eigenvalue weighted by Crippen LogP contribution is 2.23. The van der Waals surface area contributed by atoms with Crippen molar-refractivity contribution in [2.24, 2.45) is 0 Å². The Morgan fingerprint density at radius 1 is 1.60 bits per heavy atom. The lowest BCUT2D eigenvalue weighted by Gasteiger charge is -2.14. The number of hydrogen-bond acceptors (Lipinski definition) is 1. The van der Waals surface area contributed by atoms with Gasteiger partial charge in [0.05, 0.1) is 6.04 Å². The lowest BCUT2D eigenvalue weighted by molar-refractivity contribution is 0.624. The molecule has 0 saturated heterocycles. The van der Waals surface area contributed by atoms with E-state index in [1.165, 1.54) is 0 Å². The quantitative estimate of drug-likeness (QED) is 0.655. The van der Waals surface area contributed by atoms with Crippen LogP contribution in [0.1, 0.15) is 24.9 Å². The Labute approximate surface area is 110 Å². The van der Waals surface area contributed by atoms with Crippen molar-refractivity contribution in [2.45, 2.75) is 19.4 Å². The Kier molecular flexibility index (Phi) is 5.44. The molecule has 0 spiro atoms. The van der Waals surface area contributed by atoms with Gasteiger partial charge in [-0.3, -0.25) is 5.32 Å². The van der Waals surface area contributed by atoms with Crippen molar-refractivity contribution in [3.05, 3.63) is 32.4 Å². The number of halogens is 2. The van der Waals surface area contributed by atoms with Crippen molar-refractivity contribution in [3.63, 3.8) is 0 Å². The maximum absolute atomic E-state index is 5.95. The first-order valence-electron chi connectivity index (χ1n) is 4.83. The van der Waals surface area contributed by atoms with Crippen LogP contribution in [-0.4, -0.2) is 6.54 Å². The predicted molar refractivity (Wildman–Crippen MR) is 74.0 cm³/mol. The fourth-order valence-electron chi connectivity index (χ4n) is 1.28. The summed E-state index contributed by atoms with van der Waals surface area (Å²) in [6.45, 7) is 3.03. The molecule has 0 aliphatic rings. The minimum Gasteiger partial charge on any atom is -0.300 e. The van der Waals surface area contributed by atoms with Crippen LogP contribution in [0.25, 0.3) is 0 Å². The summed E-state index contributed by atoms with van der Waals surface area (Å²) in [6, 6.07) is 5.74. The first kappa shape index (κ1) is 12.8. The molecule has 15 heavy (non-hydrogen) atoms. The second-order valence-electron chi connectivity index (χ2n) is 3.22. The summed E-state index contributed by atoms with van der Waals surface area (Å²) < 4.78 is 1.14. The number of hydrogen-bond donors (Lipinski definition) is 1. The van der Waals surface area contributed by atoms with Crippen LogP contribution in [0.4, 0.5) is 0 Å². The van der Waals surface area contributed by atoms with Crippen LogP contribution < -0.4 is 5.32 Å². The van der Waals surface area contributed by atoms with E-state index in [1.807, 2.05) is 18.2 Å². The van der Waals surface area contributed by atoms with Crippen molar-refractivity contribution in [1.82, 2.24) is 5.32 Å². The molecule has 0 aromatic heterocycles. The van der Waals surface area contributed by atoms with Crippen molar-refractivity contribution in [3.8, 4) is 12.3 Å². The molecule has 1 aromatic carbocycles. The van der Waals surface area contributed by atoms with Gasteiger partial charge in [0.25, 0.3) is 0 Å². The fourth-order valence-corrected chi connectivity index (χ4v) is 2.11. The summed E-state index contributed by atoms with van der Waals surface area (Å²) >= 11 is 8.23. The molecule has 1 aromatic rings. The van der Waals surface area contributed by atoms with Crippen molar-refractivity contribution < 1.29 is 0 Å². The van der Waals surface area contributed by atoms with E-state index < -0.39 is 0 Å². The molecule has 80 valence electrons. The summed E-state index contributed by atoms with van der Waals surface area (Å²) in [5.74, 6) is 2.75. The van der Waals surface area contributed by atoms with Crippen LogP contribution in [0.15, 0.2) is 18.2 Å². The minimum absolute atomic E-state index is 0.0458. The lowest BCUT2D eigenvalue weighted by atomic mass is 10.1. The van der Waals surface area contributed by atoms with E-state index in [-0.39, 0.29) is 6.04 Å². The molecule has 0 radical (unpaired) electrons. The van der Waals surface area contributed by atoms with Gasteiger partial charge in [-0.1, -0.05) is 24.4 Å². The molecule has 1 unspecified atom stereocenters. The Morgan fingerprint density at radius 2 is 2.33 bits per heavy atom. The Morgan fingerprint density at radius 3 is 2.93 bits per heavy atom. The Bertz CT molecular complexity index is 370. The van der Waals surface area contributed by atoms with Crippen LogP contribution in [0.5, 0.6) is 0 Å². The van der Waals surface area contributed by atoms with Gasteiger partial charge in [0.2, 0.25) is 0 Å². The highest BCUT2D eigenvalue weighted by Gasteiger charge is 2.10. The molecular formula is C12H13ClIN. The summed E-state index contributed by atoms with van der Waals surface area (Å²) in [5.41, 5.74) is 1.08. The molecule has 0 aliphatic heterocycles. The summed E-state index contributed by atoms with van der Waals surface area (Å²) in [6.07, 6.45) is 6.57. The minimum atomic E-state index is -0.0458. The van der Waals surface area contributed by atoms with Gasteiger partial charge in [-0.25, -0.2) is 0 Å². The monoisotopic (exact) mass is 333 g/mol. The average Bonchev–Trinajstić information content (AvgIpc) is 2.24. The Balaban J connectivity index is 2.91. The van der Waals surface area contributed by atoms with E-state index in [0.29, 0.717) is 0 Å². The Hall–Kier alpha value is -0.240. The van der Waals surface area contributed by atoms with Crippen LogP contribution in [0.3, 0.4) is 0 Å². The van der Waals surface area contributed by atoms with Crippen LogP contribution >= 0.6 is 34.2 Å². The van der Waals surface area contributed by atoms with Crippen molar-refractivity contribution in [2.75, 3.05) is 6.54 Å². The van der Waals surface area contributed by atoms with Crippen LogP contribution in [-0.2, 0) is 0 Å². The van der Waals surface area contributed by atoms with Gasteiger partial charge in [0.1, 0.15) is 0 Å². The summed E-state index contributed by atoms with van der Waals surface area (Å²) in [7, 11) is 0. The van der Waals surface area contributed by atoms with Gasteiger partial charge in [-0.2, -0.15) is 0 Å². The normalized spacial score (nSPS) is 12.1. The van der Waals surface area contributed by atoms with E-state index >= 15 is 0 Å². The molecule has 0 fully saturated rings. The zero-order valence-corrected chi connectivity index (χ0v) is 11.5. The lowest BCUT2D eigenvalue weighted by Crippen LogP contribution is -2.21. The molecule has 0 heterocycles. The third-order valence-electron chi connectivity index (χ3n) is 2.03. The van der Waals surface area contributed by atoms with E-state index in [1.54, 1.807) is 0 Å². The van der Waals surface area contributed by atoms with E-state index in [2.05, 4.69) is 40.8 Å². The van der Waals surface area contributed by atoms with E-state index in [9.17, 15) is 0 Å². The van der Waals surface area contributed by atoms with Gasteiger partial charge in [-0.15, -0.1) is 6.42 Å². The molecule has 0 amide bonds.